The zero-order chi connectivity index (χ0) is 16.7. The Balaban J connectivity index is 3.19. The molecule has 0 aliphatic rings. The molecule has 0 atom stereocenters. The average Bonchev–Trinajstić information content (AvgIpc) is 2.40. The fourth-order valence-electron chi connectivity index (χ4n) is 1.45. The van der Waals surface area contributed by atoms with Crippen LogP contribution in [0.15, 0.2) is 23.4 Å². The number of carbonyl (C=O) groups excluding carboxylic acids is 3. The third kappa shape index (κ3) is 4.89. The SMILES string of the molecule is CCOC(=O)C(=NOC(C)=O)c1ccc(OC(C)=O)cc1O. The van der Waals surface area contributed by atoms with E-state index in [2.05, 4.69) is 9.99 Å². The predicted molar refractivity (Wildman–Crippen MR) is 74.4 cm³/mol. The van der Waals surface area contributed by atoms with E-state index in [1.165, 1.54) is 19.1 Å². The number of rotatable bonds is 5. The van der Waals surface area contributed by atoms with Gasteiger partial charge in [0.05, 0.1) is 12.2 Å². The highest BCUT2D eigenvalue weighted by Crippen LogP contribution is 2.25. The molecule has 1 aromatic carbocycles. The monoisotopic (exact) mass is 309 g/mol. The molecule has 1 aromatic rings. The Morgan fingerprint density at radius 2 is 1.86 bits per heavy atom. The summed E-state index contributed by atoms with van der Waals surface area (Å²) in [6.07, 6.45) is 0. The average molecular weight is 309 g/mol. The third-order valence-corrected chi connectivity index (χ3v) is 2.22. The largest absolute Gasteiger partial charge is 0.507 e. The minimum atomic E-state index is -0.876. The van der Waals surface area contributed by atoms with E-state index in [4.69, 9.17) is 9.47 Å². The van der Waals surface area contributed by atoms with Gasteiger partial charge in [-0.2, -0.15) is 0 Å². The molecule has 0 aliphatic heterocycles. The van der Waals surface area contributed by atoms with Gasteiger partial charge < -0.3 is 19.4 Å². The summed E-state index contributed by atoms with van der Waals surface area (Å²) in [6.45, 7) is 3.97. The number of carbonyl (C=O) groups is 3. The number of esters is 2. The van der Waals surface area contributed by atoms with Crippen molar-refractivity contribution < 1.29 is 33.8 Å². The second kappa shape index (κ2) is 7.77. The van der Waals surface area contributed by atoms with Gasteiger partial charge >= 0.3 is 17.9 Å². The van der Waals surface area contributed by atoms with Crippen LogP contribution in [0.5, 0.6) is 11.5 Å². The summed E-state index contributed by atoms with van der Waals surface area (Å²) in [5.74, 6) is -2.48. The number of hydrogen-bond acceptors (Lipinski definition) is 8. The fraction of sp³-hybridized carbons (Fsp3) is 0.286. The zero-order valence-electron chi connectivity index (χ0n) is 12.3. The maximum Gasteiger partial charge on any atom is 0.361 e. The molecule has 8 nitrogen and oxygen atoms in total. The van der Waals surface area contributed by atoms with Crippen LogP contribution in [0.3, 0.4) is 0 Å². The smallest absolute Gasteiger partial charge is 0.361 e. The molecular weight excluding hydrogens is 294 g/mol. The molecule has 0 aromatic heterocycles. The number of nitrogens with zero attached hydrogens (tertiary/aromatic N) is 1. The molecule has 118 valence electrons. The van der Waals surface area contributed by atoms with Gasteiger partial charge in [-0.3, -0.25) is 4.79 Å². The summed E-state index contributed by atoms with van der Waals surface area (Å²) in [7, 11) is 0. The summed E-state index contributed by atoms with van der Waals surface area (Å²) >= 11 is 0. The standard InChI is InChI=1S/C14H15NO7/c1-4-20-14(19)13(15-22-9(3)17)11-6-5-10(7-12(11)18)21-8(2)16/h5-7,18H,4H2,1-3H3. The molecule has 1 N–H and O–H groups in total. The van der Waals surface area contributed by atoms with Crippen molar-refractivity contribution in [2.75, 3.05) is 6.61 Å². The molecule has 0 spiro atoms. The van der Waals surface area contributed by atoms with Crippen LogP contribution in [-0.2, 0) is 24.0 Å². The molecule has 0 amide bonds. The van der Waals surface area contributed by atoms with Crippen molar-refractivity contribution in [1.29, 1.82) is 0 Å². The van der Waals surface area contributed by atoms with Gasteiger partial charge in [0.1, 0.15) is 11.5 Å². The van der Waals surface area contributed by atoms with Crippen LogP contribution < -0.4 is 4.74 Å². The number of aromatic hydroxyl groups is 1. The molecule has 8 heteroatoms. The van der Waals surface area contributed by atoms with E-state index in [-0.39, 0.29) is 23.6 Å². The van der Waals surface area contributed by atoms with Gasteiger partial charge in [0.15, 0.2) is 5.71 Å². The minimum Gasteiger partial charge on any atom is -0.507 e. The van der Waals surface area contributed by atoms with Gasteiger partial charge in [-0.15, -0.1) is 0 Å². The molecule has 0 heterocycles. The molecule has 0 bridgehead atoms. The van der Waals surface area contributed by atoms with Crippen LogP contribution in [0.2, 0.25) is 0 Å². The van der Waals surface area contributed by atoms with Gasteiger partial charge in [0.25, 0.3) is 0 Å². The molecule has 22 heavy (non-hydrogen) atoms. The van der Waals surface area contributed by atoms with Crippen LogP contribution in [-0.4, -0.2) is 35.3 Å². The highest BCUT2D eigenvalue weighted by molar-refractivity contribution is 6.43. The lowest BCUT2D eigenvalue weighted by molar-refractivity contribution is -0.141. The number of benzene rings is 1. The quantitative estimate of drug-likeness (QED) is 0.285. The molecule has 0 aliphatic carbocycles. The first-order chi connectivity index (χ1) is 10.3. The van der Waals surface area contributed by atoms with Crippen molar-refractivity contribution in [3.63, 3.8) is 0 Å². The summed E-state index contributed by atoms with van der Waals surface area (Å²) in [4.78, 5) is 37.9. The highest BCUT2D eigenvalue weighted by atomic mass is 16.7. The van der Waals surface area contributed by atoms with E-state index in [0.717, 1.165) is 13.0 Å². The molecular formula is C14H15NO7. The van der Waals surface area contributed by atoms with Crippen LogP contribution in [0.25, 0.3) is 0 Å². The van der Waals surface area contributed by atoms with Crippen LogP contribution in [0.1, 0.15) is 26.3 Å². The third-order valence-electron chi connectivity index (χ3n) is 2.22. The fourth-order valence-corrected chi connectivity index (χ4v) is 1.45. The second-order valence-corrected chi connectivity index (χ2v) is 4.02. The van der Waals surface area contributed by atoms with Gasteiger partial charge in [-0.05, 0) is 19.1 Å². The summed E-state index contributed by atoms with van der Waals surface area (Å²) in [5.41, 5.74) is -0.417. The Labute approximate surface area is 126 Å². The van der Waals surface area contributed by atoms with Crippen molar-refractivity contribution in [2.24, 2.45) is 5.16 Å². The summed E-state index contributed by atoms with van der Waals surface area (Å²) in [6, 6.07) is 3.76. The Morgan fingerprint density at radius 3 is 2.36 bits per heavy atom. The maximum absolute atomic E-state index is 11.8. The molecule has 0 saturated heterocycles. The normalized spacial score (nSPS) is 10.8. The van der Waals surface area contributed by atoms with Crippen LogP contribution in [0.4, 0.5) is 0 Å². The first-order valence-electron chi connectivity index (χ1n) is 6.29. The van der Waals surface area contributed by atoms with E-state index in [1.807, 2.05) is 0 Å². The molecule has 0 saturated carbocycles. The van der Waals surface area contributed by atoms with Crippen LogP contribution >= 0.6 is 0 Å². The van der Waals surface area contributed by atoms with E-state index in [0.29, 0.717) is 0 Å². The van der Waals surface area contributed by atoms with Gasteiger partial charge in [0, 0.05) is 19.9 Å². The molecule has 0 fully saturated rings. The number of hydrogen-bond donors (Lipinski definition) is 1. The first kappa shape index (κ1) is 17.2. The number of phenols is 1. The van der Waals surface area contributed by atoms with Crippen molar-refractivity contribution >= 4 is 23.6 Å². The number of phenolic OH excluding ortho intramolecular Hbond substituents is 1. The van der Waals surface area contributed by atoms with Gasteiger partial charge in [-0.25, -0.2) is 9.59 Å². The Bertz CT molecular complexity index is 622. The summed E-state index contributed by atoms with van der Waals surface area (Å²) in [5, 5.41) is 13.3. The number of oxime groups is 1. The summed E-state index contributed by atoms with van der Waals surface area (Å²) < 4.78 is 9.58. The number of ether oxygens (including phenoxy) is 2. The van der Waals surface area contributed by atoms with E-state index in [9.17, 15) is 19.5 Å². The maximum atomic E-state index is 11.8. The van der Waals surface area contributed by atoms with Crippen molar-refractivity contribution in [1.82, 2.24) is 0 Å². The minimum absolute atomic E-state index is 0.0318. The van der Waals surface area contributed by atoms with Crippen molar-refractivity contribution in [3.8, 4) is 11.5 Å². The topological polar surface area (TPSA) is 111 Å². The molecule has 0 radical (unpaired) electrons. The molecule has 1 rings (SSSR count). The van der Waals surface area contributed by atoms with E-state index >= 15 is 0 Å². The van der Waals surface area contributed by atoms with Crippen molar-refractivity contribution in [2.45, 2.75) is 20.8 Å². The Hall–Kier alpha value is -2.90. The van der Waals surface area contributed by atoms with Crippen molar-refractivity contribution in [3.05, 3.63) is 23.8 Å². The predicted octanol–water partition coefficient (Wildman–Crippen LogP) is 1.15. The first-order valence-corrected chi connectivity index (χ1v) is 6.29. The lowest BCUT2D eigenvalue weighted by Crippen LogP contribution is -2.20. The lowest BCUT2D eigenvalue weighted by atomic mass is 10.1. The Morgan fingerprint density at radius 1 is 1.18 bits per heavy atom. The molecule has 0 unspecified atom stereocenters. The lowest BCUT2D eigenvalue weighted by Gasteiger charge is -2.09. The van der Waals surface area contributed by atoms with Gasteiger partial charge in [-0.1, -0.05) is 5.16 Å². The highest BCUT2D eigenvalue weighted by Gasteiger charge is 2.21. The van der Waals surface area contributed by atoms with E-state index in [1.54, 1.807) is 6.92 Å². The van der Waals surface area contributed by atoms with E-state index < -0.39 is 23.7 Å². The Kier molecular flexibility index (Phi) is 6.06. The van der Waals surface area contributed by atoms with Crippen LogP contribution in [0, 0.1) is 0 Å². The zero-order valence-corrected chi connectivity index (χ0v) is 12.3. The second-order valence-electron chi connectivity index (χ2n) is 4.02. The van der Waals surface area contributed by atoms with Gasteiger partial charge in [0.2, 0.25) is 0 Å².